The van der Waals surface area contributed by atoms with E-state index in [0.29, 0.717) is 23.4 Å². The summed E-state index contributed by atoms with van der Waals surface area (Å²) in [4.78, 5) is 6.79. The summed E-state index contributed by atoms with van der Waals surface area (Å²) in [6.45, 7) is 4.88. The third-order valence-electron chi connectivity index (χ3n) is 4.06. The Bertz CT molecular complexity index is 619. The van der Waals surface area contributed by atoms with Crippen molar-refractivity contribution in [3.05, 3.63) is 42.0 Å². The molecule has 0 saturated carbocycles. The lowest BCUT2D eigenvalue weighted by Gasteiger charge is -2.34. The molecule has 0 radical (unpaired) electrons. The fourth-order valence-electron chi connectivity index (χ4n) is 2.76. The number of halogens is 2. The number of nitrogens with zero attached hydrogens (tertiary/aromatic N) is 2. The van der Waals surface area contributed by atoms with Crippen LogP contribution < -0.4 is 5.73 Å². The molecule has 1 aliphatic rings. The van der Waals surface area contributed by atoms with Gasteiger partial charge in [0.25, 0.3) is 0 Å². The van der Waals surface area contributed by atoms with Crippen LogP contribution in [0.5, 0.6) is 0 Å². The quantitative estimate of drug-likeness (QED) is 0.942. The fourth-order valence-corrected chi connectivity index (χ4v) is 2.76. The van der Waals surface area contributed by atoms with Gasteiger partial charge in [0, 0.05) is 31.2 Å². The summed E-state index contributed by atoms with van der Waals surface area (Å²) in [6.07, 6.45) is 2.66. The Morgan fingerprint density at radius 2 is 2.27 bits per heavy atom. The Labute approximate surface area is 135 Å². The first-order chi connectivity index (χ1) is 10.1. The van der Waals surface area contributed by atoms with Crippen LogP contribution in [0.15, 0.2) is 34.9 Å². The van der Waals surface area contributed by atoms with Crippen molar-refractivity contribution in [2.75, 3.05) is 13.1 Å². The van der Waals surface area contributed by atoms with Crippen LogP contribution in [0.2, 0.25) is 0 Å². The Kier molecular flexibility index (Phi) is 5.56. The van der Waals surface area contributed by atoms with Gasteiger partial charge in [-0.1, -0.05) is 13.0 Å². The summed E-state index contributed by atoms with van der Waals surface area (Å²) in [5.74, 6) is 0.672. The van der Waals surface area contributed by atoms with Crippen molar-refractivity contribution in [3.8, 4) is 11.5 Å². The standard InChI is InChI=1S/C16H20FN3O.ClH/c1-11-8-20(6-5-15(11)18)9-14-10-21-16(19-14)12-3-2-4-13(17)7-12;/h2-4,7,10-11,15H,5-6,8-9,18H2,1H3;1H. The summed E-state index contributed by atoms with van der Waals surface area (Å²) in [5.41, 5.74) is 7.57. The predicted molar refractivity (Wildman–Crippen MR) is 86.2 cm³/mol. The summed E-state index contributed by atoms with van der Waals surface area (Å²) in [5, 5.41) is 0. The largest absolute Gasteiger partial charge is 0.444 e. The van der Waals surface area contributed by atoms with Crippen molar-refractivity contribution in [2.24, 2.45) is 11.7 Å². The Morgan fingerprint density at radius 3 is 3.00 bits per heavy atom. The first kappa shape index (κ1) is 16.9. The number of hydrogen-bond acceptors (Lipinski definition) is 4. The maximum absolute atomic E-state index is 13.2. The first-order valence-electron chi connectivity index (χ1n) is 7.30. The van der Waals surface area contributed by atoms with Crippen LogP contribution in [0.25, 0.3) is 11.5 Å². The van der Waals surface area contributed by atoms with E-state index in [2.05, 4.69) is 16.8 Å². The molecule has 1 aromatic carbocycles. The molecule has 2 aromatic rings. The molecular formula is C16H21ClFN3O. The molecule has 3 rings (SSSR count). The van der Waals surface area contributed by atoms with E-state index in [9.17, 15) is 4.39 Å². The van der Waals surface area contributed by atoms with Gasteiger partial charge in [-0.2, -0.15) is 0 Å². The van der Waals surface area contributed by atoms with Gasteiger partial charge in [-0.25, -0.2) is 9.37 Å². The SMILES string of the molecule is CC1CN(Cc2coc(-c3cccc(F)c3)n2)CCC1N.Cl. The summed E-state index contributed by atoms with van der Waals surface area (Å²) in [6, 6.07) is 6.58. The van der Waals surface area contributed by atoms with Gasteiger partial charge < -0.3 is 10.2 Å². The number of hydrogen-bond donors (Lipinski definition) is 1. The zero-order valence-electron chi connectivity index (χ0n) is 12.5. The van der Waals surface area contributed by atoms with Crippen LogP contribution in [-0.2, 0) is 6.54 Å². The molecular weight excluding hydrogens is 305 g/mol. The molecule has 2 heterocycles. The first-order valence-corrected chi connectivity index (χ1v) is 7.30. The lowest BCUT2D eigenvalue weighted by molar-refractivity contribution is 0.156. The van der Waals surface area contributed by atoms with Crippen molar-refractivity contribution >= 4 is 12.4 Å². The van der Waals surface area contributed by atoms with E-state index in [1.54, 1.807) is 18.4 Å². The topological polar surface area (TPSA) is 55.3 Å². The van der Waals surface area contributed by atoms with E-state index in [4.69, 9.17) is 10.2 Å². The van der Waals surface area contributed by atoms with Crippen LogP contribution in [0.1, 0.15) is 19.0 Å². The van der Waals surface area contributed by atoms with Gasteiger partial charge in [-0.05, 0) is 30.5 Å². The molecule has 2 unspecified atom stereocenters. The average molecular weight is 326 g/mol. The highest BCUT2D eigenvalue weighted by molar-refractivity contribution is 5.85. The second-order valence-electron chi connectivity index (χ2n) is 5.82. The van der Waals surface area contributed by atoms with Gasteiger partial charge >= 0.3 is 0 Å². The molecule has 120 valence electrons. The summed E-state index contributed by atoms with van der Waals surface area (Å²) in [7, 11) is 0. The van der Waals surface area contributed by atoms with Crippen molar-refractivity contribution in [1.29, 1.82) is 0 Å². The number of aromatic nitrogens is 1. The lowest BCUT2D eigenvalue weighted by atomic mass is 9.95. The van der Waals surface area contributed by atoms with Crippen LogP contribution in [0, 0.1) is 11.7 Å². The molecule has 0 aliphatic carbocycles. The van der Waals surface area contributed by atoms with E-state index >= 15 is 0 Å². The third-order valence-corrected chi connectivity index (χ3v) is 4.06. The predicted octanol–water partition coefficient (Wildman–Crippen LogP) is 3.07. The third kappa shape index (κ3) is 3.85. The number of likely N-dealkylation sites (tertiary alicyclic amines) is 1. The molecule has 1 saturated heterocycles. The number of oxazole rings is 1. The molecule has 0 amide bonds. The van der Waals surface area contributed by atoms with Gasteiger partial charge in [-0.3, -0.25) is 4.90 Å². The zero-order chi connectivity index (χ0) is 14.8. The second-order valence-corrected chi connectivity index (χ2v) is 5.82. The minimum absolute atomic E-state index is 0. The molecule has 2 atom stereocenters. The van der Waals surface area contributed by atoms with Crippen LogP contribution in [0.4, 0.5) is 4.39 Å². The van der Waals surface area contributed by atoms with Crippen molar-refractivity contribution in [1.82, 2.24) is 9.88 Å². The maximum Gasteiger partial charge on any atom is 0.226 e. The summed E-state index contributed by atoms with van der Waals surface area (Å²) < 4.78 is 18.7. The minimum atomic E-state index is -0.286. The number of benzene rings is 1. The monoisotopic (exact) mass is 325 g/mol. The highest BCUT2D eigenvalue weighted by atomic mass is 35.5. The normalized spacial score (nSPS) is 22.3. The average Bonchev–Trinajstić information content (AvgIpc) is 2.91. The number of rotatable bonds is 3. The number of piperidine rings is 1. The van der Waals surface area contributed by atoms with Crippen molar-refractivity contribution < 1.29 is 8.81 Å². The molecule has 2 N–H and O–H groups in total. The fraction of sp³-hybridized carbons (Fsp3) is 0.438. The molecule has 4 nitrogen and oxygen atoms in total. The molecule has 0 spiro atoms. The molecule has 6 heteroatoms. The summed E-state index contributed by atoms with van der Waals surface area (Å²) >= 11 is 0. The van der Waals surface area contributed by atoms with Gasteiger partial charge in [0.2, 0.25) is 5.89 Å². The van der Waals surface area contributed by atoms with Crippen molar-refractivity contribution in [2.45, 2.75) is 25.9 Å². The zero-order valence-corrected chi connectivity index (χ0v) is 13.4. The Morgan fingerprint density at radius 1 is 1.45 bits per heavy atom. The Hall–Kier alpha value is -1.43. The molecule has 1 fully saturated rings. The van der Waals surface area contributed by atoms with Crippen LogP contribution in [0.3, 0.4) is 0 Å². The van der Waals surface area contributed by atoms with E-state index in [1.807, 2.05) is 0 Å². The molecule has 0 bridgehead atoms. The van der Waals surface area contributed by atoms with E-state index in [0.717, 1.165) is 31.7 Å². The van der Waals surface area contributed by atoms with Crippen molar-refractivity contribution in [3.63, 3.8) is 0 Å². The highest BCUT2D eigenvalue weighted by Gasteiger charge is 2.23. The van der Waals surface area contributed by atoms with Gasteiger partial charge in [0.05, 0.1) is 5.69 Å². The van der Waals surface area contributed by atoms with Crippen LogP contribution >= 0.6 is 12.4 Å². The lowest BCUT2D eigenvalue weighted by Crippen LogP contribution is -2.45. The van der Waals surface area contributed by atoms with Gasteiger partial charge in [0.15, 0.2) is 0 Å². The van der Waals surface area contributed by atoms with E-state index < -0.39 is 0 Å². The van der Waals surface area contributed by atoms with Gasteiger partial charge in [0.1, 0.15) is 12.1 Å². The smallest absolute Gasteiger partial charge is 0.226 e. The molecule has 1 aromatic heterocycles. The molecule has 1 aliphatic heterocycles. The second kappa shape index (κ2) is 7.22. The molecule has 22 heavy (non-hydrogen) atoms. The number of nitrogens with two attached hydrogens (primary N) is 1. The minimum Gasteiger partial charge on any atom is -0.444 e. The Balaban J connectivity index is 0.00000176. The highest BCUT2D eigenvalue weighted by Crippen LogP contribution is 2.21. The van der Waals surface area contributed by atoms with E-state index in [1.165, 1.54) is 12.1 Å². The van der Waals surface area contributed by atoms with Gasteiger partial charge in [-0.15, -0.1) is 12.4 Å². The van der Waals surface area contributed by atoms with Crippen LogP contribution in [-0.4, -0.2) is 29.0 Å². The maximum atomic E-state index is 13.2. The van der Waals surface area contributed by atoms with E-state index in [-0.39, 0.29) is 18.2 Å².